The van der Waals surface area contributed by atoms with E-state index >= 15 is 0 Å². The molecule has 172 valence electrons. The van der Waals surface area contributed by atoms with Crippen molar-refractivity contribution in [1.82, 2.24) is 0 Å². The van der Waals surface area contributed by atoms with Crippen LogP contribution in [0.3, 0.4) is 0 Å². The number of thioether (sulfide) groups is 1. The Morgan fingerprint density at radius 1 is 1.10 bits per heavy atom. The fourth-order valence-corrected chi connectivity index (χ4v) is 5.38. The van der Waals surface area contributed by atoms with Gasteiger partial charge in [0.15, 0.2) is 7.37 Å². The first-order valence-electron chi connectivity index (χ1n) is 10.2. The molecular weight excluding hydrogens is 455 g/mol. The van der Waals surface area contributed by atoms with Crippen LogP contribution in [-0.2, 0) is 28.2 Å². The second-order valence-electron chi connectivity index (χ2n) is 8.87. The van der Waals surface area contributed by atoms with E-state index in [1.54, 1.807) is 20.8 Å². The van der Waals surface area contributed by atoms with E-state index < -0.39 is 23.5 Å². The lowest BCUT2D eigenvalue weighted by Gasteiger charge is -2.34. The molecule has 0 spiro atoms. The summed E-state index contributed by atoms with van der Waals surface area (Å²) in [5.41, 5.74) is -0.132. The summed E-state index contributed by atoms with van der Waals surface area (Å²) in [4.78, 5) is 25.8. The van der Waals surface area contributed by atoms with Gasteiger partial charge in [0.05, 0.1) is 16.2 Å². The topological polar surface area (TPSA) is 78.9 Å². The van der Waals surface area contributed by atoms with Crippen molar-refractivity contribution < 1.29 is 28.2 Å². The van der Waals surface area contributed by atoms with Crippen LogP contribution in [0.5, 0.6) is 0 Å². The lowest BCUT2D eigenvalue weighted by atomic mass is 9.83. The second-order valence-corrected chi connectivity index (χ2v) is 13.8. The predicted octanol–water partition coefficient (Wildman–Crippen LogP) is 5.07. The van der Waals surface area contributed by atoms with Crippen molar-refractivity contribution in [3.63, 3.8) is 0 Å². The van der Waals surface area contributed by atoms with Crippen LogP contribution < -0.4 is 0 Å². The van der Waals surface area contributed by atoms with Crippen molar-refractivity contribution in [3.8, 4) is 0 Å². The lowest BCUT2D eigenvalue weighted by molar-refractivity contribution is -0.157. The minimum absolute atomic E-state index is 0.00720. The number of carbonyl (C=O) groups excluding carboxylic acids is 2. The minimum Gasteiger partial charge on any atom is -0.463 e. The van der Waals surface area contributed by atoms with Gasteiger partial charge in [0.1, 0.15) is 17.5 Å². The van der Waals surface area contributed by atoms with E-state index in [1.165, 1.54) is 25.1 Å². The van der Waals surface area contributed by atoms with Crippen LogP contribution in [0.25, 0.3) is 0 Å². The van der Waals surface area contributed by atoms with Gasteiger partial charge >= 0.3 is 11.9 Å². The van der Waals surface area contributed by atoms with Gasteiger partial charge in [0.25, 0.3) is 0 Å². The van der Waals surface area contributed by atoms with Crippen LogP contribution in [0, 0.1) is 5.41 Å². The summed E-state index contributed by atoms with van der Waals surface area (Å²) < 4.78 is 27.2. The van der Waals surface area contributed by atoms with Crippen LogP contribution in [0.1, 0.15) is 45.6 Å². The summed E-state index contributed by atoms with van der Waals surface area (Å²) in [6.07, 6.45) is 1.85. The van der Waals surface area contributed by atoms with Crippen LogP contribution in [0.2, 0.25) is 0 Å². The van der Waals surface area contributed by atoms with E-state index in [4.69, 9.17) is 26.2 Å². The van der Waals surface area contributed by atoms with Gasteiger partial charge in [-0.3, -0.25) is 14.2 Å². The summed E-state index contributed by atoms with van der Waals surface area (Å²) in [7, 11) is -2.64. The van der Waals surface area contributed by atoms with Crippen molar-refractivity contribution in [3.05, 3.63) is 35.9 Å². The number of benzene rings is 1. The van der Waals surface area contributed by atoms with Gasteiger partial charge in [-0.1, -0.05) is 54.3 Å². The van der Waals surface area contributed by atoms with E-state index in [0.717, 1.165) is 18.4 Å². The molecule has 0 aliphatic heterocycles. The van der Waals surface area contributed by atoms with Gasteiger partial charge in [-0.2, -0.15) is 0 Å². The Balaban J connectivity index is 2.09. The molecule has 9 heteroatoms. The molecule has 0 N–H and O–H groups in total. The smallest absolute Gasteiger partial charge is 0.322 e. The van der Waals surface area contributed by atoms with E-state index in [2.05, 4.69) is 0 Å². The van der Waals surface area contributed by atoms with E-state index in [1.807, 2.05) is 30.3 Å². The highest BCUT2D eigenvalue weighted by atomic mass is 32.2. The standard InChI is InChI=1S/C22H31O6PS2/c1-21(2,19(23)26-13-14-27-29(4,5)25)15-22(3,20(24)28-17-11-12-17)31-18(30)16-9-7-6-8-10-16/h6-10,17H,11-15H2,1-5H3. The number of thiocarbonyl (C=S) groups is 1. The molecule has 0 radical (unpaired) electrons. The number of ether oxygens (including phenoxy) is 2. The average Bonchev–Trinajstić information content (AvgIpc) is 3.48. The molecule has 1 aromatic carbocycles. The van der Waals surface area contributed by atoms with Crippen LogP contribution in [0.4, 0.5) is 0 Å². The Morgan fingerprint density at radius 3 is 2.26 bits per heavy atom. The first-order valence-corrected chi connectivity index (χ1v) is 13.9. The van der Waals surface area contributed by atoms with Crippen LogP contribution in [0.15, 0.2) is 30.3 Å². The molecule has 1 saturated carbocycles. The Bertz CT molecular complexity index is 847. The highest BCUT2D eigenvalue weighted by molar-refractivity contribution is 8.25. The summed E-state index contributed by atoms with van der Waals surface area (Å²) >= 11 is 6.83. The number of hydrogen-bond donors (Lipinski definition) is 0. The SMILES string of the molecule is CC(C)(CC(C)(SC(=S)c1ccccc1)C(=O)OC1CC1)C(=O)OCCOP(C)(C)=O. The molecule has 2 rings (SSSR count). The Kier molecular flexibility index (Phi) is 8.91. The van der Waals surface area contributed by atoms with Gasteiger partial charge < -0.3 is 14.0 Å². The normalized spacial score (nSPS) is 16.3. The molecule has 1 fully saturated rings. The van der Waals surface area contributed by atoms with Crippen LogP contribution >= 0.6 is 31.3 Å². The molecule has 1 aliphatic carbocycles. The second kappa shape index (κ2) is 10.6. The predicted molar refractivity (Wildman–Crippen MR) is 128 cm³/mol. The van der Waals surface area contributed by atoms with Crippen molar-refractivity contribution in [2.45, 2.75) is 50.9 Å². The minimum atomic E-state index is -2.64. The maximum atomic E-state index is 13.0. The molecule has 31 heavy (non-hydrogen) atoms. The monoisotopic (exact) mass is 486 g/mol. The molecular formula is C22H31O6PS2. The molecule has 1 unspecified atom stereocenters. The number of esters is 2. The first-order chi connectivity index (χ1) is 14.3. The Morgan fingerprint density at radius 2 is 1.71 bits per heavy atom. The Labute approximate surface area is 194 Å². The molecule has 1 aromatic rings. The number of rotatable bonds is 11. The molecule has 0 amide bonds. The van der Waals surface area contributed by atoms with Gasteiger partial charge in [-0.05, 0) is 45.6 Å². The molecule has 6 nitrogen and oxygen atoms in total. The number of hydrogen-bond acceptors (Lipinski definition) is 8. The largest absolute Gasteiger partial charge is 0.463 e. The van der Waals surface area contributed by atoms with E-state index in [-0.39, 0.29) is 31.7 Å². The Hall–Kier alpha value is -1.21. The third-order valence-corrected chi connectivity index (χ3v) is 7.08. The third-order valence-electron chi connectivity index (χ3n) is 4.61. The zero-order valence-corrected chi connectivity index (χ0v) is 21.2. The average molecular weight is 487 g/mol. The van der Waals surface area contributed by atoms with Crippen molar-refractivity contribution in [2.75, 3.05) is 26.5 Å². The number of carbonyl (C=O) groups is 2. The highest BCUT2D eigenvalue weighted by Crippen LogP contribution is 2.42. The van der Waals surface area contributed by atoms with Gasteiger partial charge in [-0.25, -0.2) is 0 Å². The quantitative estimate of drug-likeness (QED) is 0.186. The third kappa shape index (κ3) is 8.68. The van der Waals surface area contributed by atoms with Crippen molar-refractivity contribution in [1.29, 1.82) is 0 Å². The molecule has 1 atom stereocenters. The van der Waals surface area contributed by atoms with Gasteiger partial charge in [-0.15, -0.1) is 0 Å². The lowest BCUT2D eigenvalue weighted by Crippen LogP contribution is -2.42. The van der Waals surface area contributed by atoms with Crippen molar-refractivity contribution >= 4 is 47.5 Å². The van der Waals surface area contributed by atoms with Crippen LogP contribution in [-0.4, -0.2) is 53.5 Å². The molecule has 0 heterocycles. The summed E-state index contributed by atoms with van der Waals surface area (Å²) in [5, 5.41) is 0. The molecule has 1 aliphatic rings. The molecule has 0 bridgehead atoms. The summed E-state index contributed by atoms with van der Waals surface area (Å²) in [6.45, 7) is 8.28. The van der Waals surface area contributed by atoms with E-state index in [9.17, 15) is 14.2 Å². The zero-order chi connectivity index (χ0) is 23.3. The molecule has 0 saturated heterocycles. The zero-order valence-electron chi connectivity index (χ0n) is 18.7. The maximum absolute atomic E-state index is 13.0. The van der Waals surface area contributed by atoms with Gasteiger partial charge in [0, 0.05) is 13.3 Å². The van der Waals surface area contributed by atoms with E-state index in [0.29, 0.717) is 4.20 Å². The molecule has 0 aromatic heterocycles. The van der Waals surface area contributed by atoms with Crippen molar-refractivity contribution in [2.24, 2.45) is 5.41 Å². The van der Waals surface area contributed by atoms with Gasteiger partial charge in [0.2, 0.25) is 0 Å². The summed E-state index contributed by atoms with van der Waals surface area (Å²) in [5.74, 6) is -0.838. The first kappa shape index (κ1) is 26.0. The fraction of sp³-hybridized carbons (Fsp3) is 0.591. The highest BCUT2D eigenvalue weighted by Gasteiger charge is 2.47. The maximum Gasteiger partial charge on any atom is 0.322 e. The fourth-order valence-electron chi connectivity index (χ4n) is 2.95. The summed E-state index contributed by atoms with van der Waals surface area (Å²) in [6, 6.07) is 9.45.